The van der Waals surface area contributed by atoms with Gasteiger partial charge in [0.15, 0.2) is 12.6 Å². The number of halogens is 3. The van der Waals surface area contributed by atoms with Crippen molar-refractivity contribution in [1.82, 2.24) is 14.9 Å². The maximum Gasteiger partial charge on any atom is 0.410 e. The molecule has 4 heterocycles. The number of piperazine rings is 1. The third kappa shape index (κ3) is 5.49. The van der Waals surface area contributed by atoms with Crippen molar-refractivity contribution >= 4 is 45.1 Å². The highest BCUT2D eigenvalue weighted by Gasteiger charge is 2.45. The third-order valence-corrected chi connectivity index (χ3v) is 8.70. The summed E-state index contributed by atoms with van der Waals surface area (Å²) in [6.45, 7) is 8.21. The van der Waals surface area contributed by atoms with Gasteiger partial charge in [-0.25, -0.2) is 18.6 Å². The molecule has 2 atom stereocenters. The van der Waals surface area contributed by atoms with E-state index < -0.39 is 17.2 Å². The van der Waals surface area contributed by atoms with Crippen LogP contribution in [0.3, 0.4) is 0 Å². The van der Waals surface area contributed by atoms with Crippen LogP contribution in [0.1, 0.15) is 44.9 Å². The Morgan fingerprint density at radius 3 is 2.51 bits per heavy atom. The van der Waals surface area contributed by atoms with Crippen molar-refractivity contribution in [3.05, 3.63) is 58.4 Å². The largest absolute Gasteiger partial charge is 0.468 e. The van der Waals surface area contributed by atoms with E-state index in [1.807, 2.05) is 25.7 Å². The minimum absolute atomic E-state index is 0.0156. The number of aromatic nitrogens is 2. The Balaban J connectivity index is 1.47. The fourth-order valence-electron chi connectivity index (χ4n) is 6.39. The summed E-state index contributed by atoms with van der Waals surface area (Å²) >= 11 is 6.75. The first kappa shape index (κ1) is 30.8. The molecular weight excluding hydrogens is 602 g/mol. The number of carbonyl (C=O) groups is 1. The van der Waals surface area contributed by atoms with Crippen LogP contribution in [0.4, 0.5) is 19.4 Å². The molecule has 4 aromatic rings. The highest BCUT2D eigenvalue weighted by molar-refractivity contribution is 6.36. The van der Waals surface area contributed by atoms with Gasteiger partial charge in [0.2, 0.25) is 0 Å². The van der Waals surface area contributed by atoms with Gasteiger partial charge in [0.05, 0.1) is 28.4 Å². The maximum absolute atomic E-state index is 16.8. The van der Waals surface area contributed by atoms with Crippen molar-refractivity contribution < 1.29 is 27.8 Å². The molecule has 2 aliphatic heterocycles. The molecule has 2 aromatic heterocycles. The lowest BCUT2D eigenvalue weighted by atomic mass is 9.95. The van der Waals surface area contributed by atoms with Crippen molar-refractivity contribution in [2.75, 3.05) is 31.9 Å². The summed E-state index contributed by atoms with van der Waals surface area (Å²) < 4.78 is 48.1. The summed E-state index contributed by atoms with van der Waals surface area (Å²) in [7, 11) is 1.48. The number of carbonyl (C=O) groups excluding carboxylic acids is 1. The molecule has 8 nitrogen and oxygen atoms in total. The number of terminal acetylenes is 1. The standard InChI is InChI=1S/C34H33ClF2N4O4/c1-7-23-26(36)11-8-19-12-22(44-17-43-6)13-24(27(19)23)31-30(37)28-25(14-38-31)32(39-18(2)29(28)35)40-15-20-9-10-21(16-40)41(20)33(42)45-34(3,4)5/h1,8,11-14,20-21H,9-10,15-17H2,2-6H3. The van der Waals surface area contributed by atoms with Crippen LogP contribution >= 0.6 is 11.6 Å². The number of anilines is 1. The molecule has 45 heavy (non-hydrogen) atoms. The number of hydrogen-bond donors (Lipinski definition) is 0. The van der Waals surface area contributed by atoms with E-state index in [-0.39, 0.29) is 52.2 Å². The number of aryl methyl sites for hydroxylation is 1. The lowest BCUT2D eigenvalue weighted by molar-refractivity contribution is 0.0123. The van der Waals surface area contributed by atoms with Gasteiger partial charge in [0.1, 0.15) is 28.7 Å². The number of amides is 1. The summed E-state index contributed by atoms with van der Waals surface area (Å²) in [5.41, 5.74) is 0.00699. The highest BCUT2D eigenvalue weighted by atomic mass is 35.5. The average molecular weight is 635 g/mol. The zero-order valence-corrected chi connectivity index (χ0v) is 26.5. The van der Waals surface area contributed by atoms with Crippen molar-refractivity contribution in [2.45, 2.75) is 58.2 Å². The van der Waals surface area contributed by atoms with Gasteiger partial charge in [-0.1, -0.05) is 23.6 Å². The van der Waals surface area contributed by atoms with Crippen molar-refractivity contribution in [3.63, 3.8) is 0 Å². The molecule has 2 bridgehead atoms. The van der Waals surface area contributed by atoms with Gasteiger partial charge >= 0.3 is 6.09 Å². The molecule has 2 unspecified atom stereocenters. The Hall–Kier alpha value is -4.20. The summed E-state index contributed by atoms with van der Waals surface area (Å²) in [5.74, 6) is 2.00. The summed E-state index contributed by atoms with van der Waals surface area (Å²) in [6.07, 6.45) is 8.57. The van der Waals surface area contributed by atoms with Gasteiger partial charge in [0, 0.05) is 48.1 Å². The normalized spacial score (nSPS) is 18.0. The zero-order chi connectivity index (χ0) is 32.2. The molecule has 234 valence electrons. The number of pyridine rings is 2. The van der Waals surface area contributed by atoms with Gasteiger partial charge < -0.3 is 19.1 Å². The minimum atomic E-state index is -0.697. The molecular formula is C34H33ClF2N4O4. The van der Waals surface area contributed by atoms with Gasteiger partial charge in [0.25, 0.3) is 0 Å². The van der Waals surface area contributed by atoms with Gasteiger partial charge in [-0.15, -0.1) is 6.42 Å². The smallest absolute Gasteiger partial charge is 0.410 e. The number of rotatable bonds is 5. The molecule has 2 aliphatic rings. The van der Waals surface area contributed by atoms with Gasteiger partial charge in [-0.2, -0.15) is 0 Å². The quantitative estimate of drug-likeness (QED) is 0.169. The first-order valence-corrected chi connectivity index (χ1v) is 15.0. The van der Waals surface area contributed by atoms with Crippen LogP contribution < -0.4 is 9.64 Å². The minimum Gasteiger partial charge on any atom is -0.468 e. The zero-order valence-electron chi connectivity index (χ0n) is 25.7. The monoisotopic (exact) mass is 634 g/mol. The first-order valence-electron chi connectivity index (χ1n) is 14.7. The molecule has 0 N–H and O–H groups in total. The summed E-state index contributed by atoms with van der Waals surface area (Å²) in [6, 6.07) is 5.90. The van der Waals surface area contributed by atoms with E-state index in [4.69, 9.17) is 37.2 Å². The lowest BCUT2D eigenvalue weighted by Gasteiger charge is -2.42. The van der Waals surface area contributed by atoms with Crippen LogP contribution in [0.25, 0.3) is 32.8 Å². The Morgan fingerprint density at radius 2 is 1.87 bits per heavy atom. The van der Waals surface area contributed by atoms with Crippen LogP contribution in [-0.2, 0) is 9.47 Å². The van der Waals surface area contributed by atoms with E-state index in [0.29, 0.717) is 46.5 Å². The predicted molar refractivity (Wildman–Crippen MR) is 170 cm³/mol. The van der Waals surface area contributed by atoms with Crippen molar-refractivity contribution in [3.8, 4) is 29.4 Å². The summed E-state index contributed by atoms with van der Waals surface area (Å²) in [4.78, 5) is 26.3. The second-order valence-corrected chi connectivity index (χ2v) is 12.8. The highest BCUT2D eigenvalue weighted by Crippen LogP contribution is 2.42. The molecule has 11 heteroatoms. The van der Waals surface area contributed by atoms with Crippen molar-refractivity contribution in [1.29, 1.82) is 0 Å². The Morgan fingerprint density at radius 1 is 1.16 bits per heavy atom. The number of hydrogen-bond acceptors (Lipinski definition) is 7. The molecule has 2 fully saturated rings. The van der Waals surface area contributed by atoms with E-state index >= 15 is 4.39 Å². The maximum atomic E-state index is 16.8. The molecule has 0 saturated carbocycles. The number of nitrogens with zero attached hydrogens (tertiary/aromatic N) is 4. The second kappa shape index (κ2) is 11.6. The summed E-state index contributed by atoms with van der Waals surface area (Å²) in [5, 5.41) is 1.58. The number of ether oxygens (including phenoxy) is 3. The van der Waals surface area contributed by atoms with Crippen LogP contribution in [0.15, 0.2) is 30.5 Å². The fourth-order valence-corrected chi connectivity index (χ4v) is 6.62. The predicted octanol–water partition coefficient (Wildman–Crippen LogP) is 7.24. The molecule has 1 amide bonds. The Labute approximate surface area is 265 Å². The number of fused-ring (bicyclic) bond motifs is 4. The Kier molecular flexibility index (Phi) is 7.96. The van der Waals surface area contributed by atoms with E-state index in [2.05, 4.69) is 15.8 Å². The van der Waals surface area contributed by atoms with Gasteiger partial charge in [-0.3, -0.25) is 9.88 Å². The molecule has 2 saturated heterocycles. The van der Waals surface area contributed by atoms with Crippen LogP contribution in [0, 0.1) is 30.9 Å². The first-order chi connectivity index (χ1) is 21.4. The molecule has 0 radical (unpaired) electrons. The lowest BCUT2D eigenvalue weighted by Crippen LogP contribution is -2.57. The van der Waals surface area contributed by atoms with E-state index in [1.165, 1.54) is 19.4 Å². The SMILES string of the molecule is C#Cc1c(F)ccc2cc(OCOC)cc(-c3ncc4c(N5CC6CCC(C5)N6C(=O)OC(C)(C)C)nc(C)c(Cl)c4c3F)c12. The topological polar surface area (TPSA) is 77.0 Å². The van der Waals surface area contributed by atoms with E-state index in [1.54, 1.807) is 25.1 Å². The van der Waals surface area contributed by atoms with Crippen molar-refractivity contribution in [2.24, 2.45) is 0 Å². The fraction of sp³-hybridized carbons (Fsp3) is 0.382. The van der Waals surface area contributed by atoms with Gasteiger partial charge in [-0.05, 0) is 64.1 Å². The molecule has 0 spiro atoms. The third-order valence-electron chi connectivity index (χ3n) is 8.24. The van der Waals surface area contributed by atoms with Crippen LogP contribution in [-0.4, -0.2) is 65.6 Å². The average Bonchev–Trinajstić information content (AvgIpc) is 3.26. The molecule has 6 rings (SSSR count). The second-order valence-electron chi connectivity index (χ2n) is 12.4. The number of benzene rings is 2. The Bertz CT molecular complexity index is 1870. The molecule has 0 aliphatic carbocycles. The van der Waals surface area contributed by atoms with E-state index in [9.17, 15) is 9.18 Å². The van der Waals surface area contributed by atoms with Crippen LogP contribution in [0.5, 0.6) is 5.75 Å². The van der Waals surface area contributed by atoms with Crippen LogP contribution in [0.2, 0.25) is 5.02 Å². The van der Waals surface area contributed by atoms with E-state index in [0.717, 1.165) is 12.8 Å². The number of methoxy groups -OCH3 is 1. The molecule has 2 aromatic carbocycles.